The second-order valence-electron chi connectivity index (χ2n) is 3.62. The molecule has 2 rings (SSSR count). The summed E-state index contributed by atoms with van der Waals surface area (Å²) in [6, 6.07) is 4.21. The first kappa shape index (κ1) is 12.0. The monoisotopic (exact) mass is 261 g/mol. The van der Waals surface area contributed by atoms with E-state index in [1.807, 2.05) is 0 Å². The molecule has 1 aromatic carbocycles. The summed E-state index contributed by atoms with van der Waals surface area (Å²) in [5.41, 5.74) is -1.17. The van der Waals surface area contributed by atoms with Crippen LogP contribution in [0.5, 0.6) is 0 Å². The molecule has 0 saturated heterocycles. The lowest BCUT2D eigenvalue weighted by Gasteiger charge is -2.05. The molecular weight excluding hydrogens is 255 g/mol. The molecule has 0 spiro atoms. The van der Waals surface area contributed by atoms with E-state index in [-0.39, 0.29) is 16.5 Å². The number of aromatic amines is 1. The smallest absolute Gasteiger partial charge is 0.350 e. The van der Waals surface area contributed by atoms with Crippen LogP contribution in [-0.4, -0.2) is 10.8 Å². The summed E-state index contributed by atoms with van der Waals surface area (Å²) >= 11 is 5.69. The van der Waals surface area contributed by atoms with Crippen molar-refractivity contribution in [1.82, 2.24) is 4.98 Å². The van der Waals surface area contributed by atoms with Crippen molar-refractivity contribution in [3.8, 4) is 0 Å². The molecule has 1 N–H and O–H groups in total. The number of hydrogen-bond donors (Lipinski definition) is 1. The summed E-state index contributed by atoms with van der Waals surface area (Å²) in [4.78, 5) is 13.5. The van der Waals surface area contributed by atoms with Gasteiger partial charge in [0.15, 0.2) is 5.78 Å². The van der Waals surface area contributed by atoms with Crippen LogP contribution in [-0.2, 0) is 6.18 Å². The zero-order chi connectivity index (χ0) is 12.8. The lowest BCUT2D eigenvalue weighted by molar-refractivity contribution is -0.140. The molecule has 0 atom stereocenters. The van der Waals surface area contributed by atoms with Crippen LogP contribution in [0.25, 0.3) is 10.9 Å². The number of Topliss-reactive ketones (excluding diaryl/α,β-unsaturated/α-hetero) is 1. The van der Waals surface area contributed by atoms with Crippen molar-refractivity contribution in [2.45, 2.75) is 13.1 Å². The maximum Gasteiger partial charge on any atom is 0.431 e. The number of carbonyl (C=O) groups excluding carboxylic acids is 1. The Balaban J connectivity index is 2.84. The molecule has 0 saturated carbocycles. The third-order valence-corrected chi connectivity index (χ3v) is 2.63. The fraction of sp³-hybridized carbons (Fsp3) is 0.182. The molecule has 0 aliphatic heterocycles. The molecular formula is C11H7ClF3NO. The van der Waals surface area contributed by atoms with Gasteiger partial charge in [-0.15, -0.1) is 0 Å². The van der Waals surface area contributed by atoms with Crippen LogP contribution in [0.2, 0.25) is 5.02 Å². The Morgan fingerprint density at radius 2 is 2.00 bits per heavy atom. The summed E-state index contributed by atoms with van der Waals surface area (Å²) in [5.74, 6) is -0.633. The molecule has 0 radical (unpaired) electrons. The molecule has 0 amide bonds. The highest BCUT2D eigenvalue weighted by Gasteiger charge is 2.37. The van der Waals surface area contributed by atoms with Gasteiger partial charge in [-0.2, -0.15) is 13.2 Å². The largest absolute Gasteiger partial charge is 0.431 e. The molecule has 0 aliphatic carbocycles. The van der Waals surface area contributed by atoms with Crippen LogP contribution < -0.4 is 0 Å². The van der Waals surface area contributed by atoms with Gasteiger partial charge in [-0.3, -0.25) is 4.79 Å². The number of nitrogens with one attached hydrogen (secondary N) is 1. The standard InChI is InChI=1S/C11H7ClF3NO/c1-5(17)9-7-3-2-6(12)4-8(7)16-10(9)11(13,14)15/h2-4,16H,1H3. The third-order valence-electron chi connectivity index (χ3n) is 2.40. The molecule has 17 heavy (non-hydrogen) atoms. The molecule has 90 valence electrons. The number of carbonyl (C=O) groups is 1. The van der Waals surface area contributed by atoms with E-state index in [0.29, 0.717) is 5.02 Å². The number of ketones is 1. The maximum atomic E-state index is 12.7. The molecule has 1 heterocycles. The van der Waals surface area contributed by atoms with Crippen molar-refractivity contribution in [1.29, 1.82) is 0 Å². The van der Waals surface area contributed by atoms with Crippen molar-refractivity contribution in [3.05, 3.63) is 34.5 Å². The predicted molar refractivity (Wildman–Crippen MR) is 58.3 cm³/mol. The van der Waals surface area contributed by atoms with Crippen LogP contribution in [0, 0.1) is 0 Å². The van der Waals surface area contributed by atoms with Crippen LogP contribution in [0.3, 0.4) is 0 Å². The fourth-order valence-electron chi connectivity index (χ4n) is 1.75. The summed E-state index contributed by atoms with van der Waals surface area (Å²) in [5, 5.41) is 0.539. The lowest BCUT2D eigenvalue weighted by atomic mass is 10.1. The first-order chi connectivity index (χ1) is 7.80. The number of aromatic nitrogens is 1. The Morgan fingerprint density at radius 1 is 1.35 bits per heavy atom. The van der Waals surface area contributed by atoms with Gasteiger partial charge < -0.3 is 4.98 Å². The average Bonchev–Trinajstić information content (AvgIpc) is 2.55. The van der Waals surface area contributed by atoms with E-state index in [1.54, 1.807) is 0 Å². The SMILES string of the molecule is CC(=O)c1c(C(F)(F)F)[nH]c2cc(Cl)ccc12. The number of fused-ring (bicyclic) bond motifs is 1. The number of halogens is 4. The Kier molecular flexibility index (Phi) is 2.66. The van der Waals surface area contributed by atoms with Gasteiger partial charge in [-0.05, 0) is 19.1 Å². The number of H-pyrrole nitrogens is 1. The number of rotatable bonds is 1. The van der Waals surface area contributed by atoms with Crippen molar-refractivity contribution in [3.63, 3.8) is 0 Å². The molecule has 0 bridgehead atoms. The lowest BCUT2D eigenvalue weighted by Crippen LogP contribution is -2.10. The molecule has 2 aromatic rings. The molecule has 0 fully saturated rings. The highest BCUT2D eigenvalue weighted by Crippen LogP contribution is 2.36. The van der Waals surface area contributed by atoms with Gasteiger partial charge in [-0.25, -0.2) is 0 Å². The van der Waals surface area contributed by atoms with Crippen LogP contribution in [0.4, 0.5) is 13.2 Å². The number of alkyl halides is 3. The first-order valence-electron chi connectivity index (χ1n) is 4.70. The van der Waals surface area contributed by atoms with E-state index < -0.39 is 17.7 Å². The van der Waals surface area contributed by atoms with E-state index in [9.17, 15) is 18.0 Å². The van der Waals surface area contributed by atoms with Gasteiger partial charge in [0.1, 0.15) is 5.69 Å². The molecule has 6 heteroatoms. The van der Waals surface area contributed by atoms with Gasteiger partial charge in [0.25, 0.3) is 0 Å². The van der Waals surface area contributed by atoms with Gasteiger partial charge >= 0.3 is 6.18 Å². The summed E-state index contributed by atoms with van der Waals surface area (Å²) < 4.78 is 38.2. The highest BCUT2D eigenvalue weighted by atomic mass is 35.5. The Morgan fingerprint density at radius 3 is 2.53 bits per heavy atom. The normalized spacial score (nSPS) is 12.1. The van der Waals surface area contributed by atoms with E-state index in [2.05, 4.69) is 4.98 Å². The predicted octanol–water partition coefficient (Wildman–Crippen LogP) is 4.04. The van der Waals surface area contributed by atoms with Crippen LogP contribution >= 0.6 is 11.6 Å². The average molecular weight is 262 g/mol. The first-order valence-corrected chi connectivity index (χ1v) is 5.08. The van der Waals surface area contributed by atoms with Crippen molar-refractivity contribution in [2.24, 2.45) is 0 Å². The van der Waals surface area contributed by atoms with E-state index in [0.717, 1.165) is 6.92 Å². The van der Waals surface area contributed by atoms with Crippen molar-refractivity contribution < 1.29 is 18.0 Å². The molecule has 2 nitrogen and oxygen atoms in total. The minimum atomic E-state index is -4.59. The molecule has 0 aliphatic rings. The molecule has 1 aromatic heterocycles. The minimum absolute atomic E-state index is 0.204. The van der Waals surface area contributed by atoms with E-state index in [4.69, 9.17) is 11.6 Å². The zero-order valence-electron chi connectivity index (χ0n) is 8.65. The van der Waals surface area contributed by atoms with Crippen LogP contribution in [0.15, 0.2) is 18.2 Å². The topological polar surface area (TPSA) is 32.9 Å². The van der Waals surface area contributed by atoms with Gasteiger partial charge in [0, 0.05) is 15.9 Å². The summed E-state index contributed by atoms with van der Waals surface area (Å²) in [6.07, 6.45) is -4.59. The minimum Gasteiger partial charge on any atom is -0.350 e. The van der Waals surface area contributed by atoms with Gasteiger partial charge in [0.2, 0.25) is 0 Å². The summed E-state index contributed by atoms with van der Waals surface area (Å²) in [6.45, 7) is 1.10. The van der Waals surface area contributed by atoms with Crippen molar-refractivity contribution in [2.75, 3.05) is 0 Å². The Hall–Kier alpha value is -1.49. The second kappa shape index (κ2) is 3.77. The van der Waals surface area contributed by atoms with Crippen molar-refractivity contribution >= 4 is 28.3 Å². The fourth-order valence-corrected chi connectivity index (χ4v) is 1.92. The molecule has 0 unspecified atom stereocenters. The number of hydrogen-bond acceptors (Lipinski definition) is 1. The zero-order valence-corrected chi connectivity index (χ0v) is 9.41. The van der Waals surface area contributed by atoms with E-state index >= 15 is 0 Å². The number of benzene rings is 1. The van der Waals surface area contributed by atoms with E-state index in [1.165, 1.54) is 18.2 Å². The summed E-state index contributed by atoms with van der Waals surface area (Å²) in [7, 11) is 0. The third kappa shape index (κ3) is 2.02. The maximum absolute atomic E-state index is 12.7. The van der Waals surface area contributed by atoms with Gasteiger partial charge in [-0.1, -0.05) is 17.7 Å². The Bertz CT molecular complexity index is 601. The Labute approximate surface area is 99.4 Å². The van der Waals surface area contributed by atoms with Crippen LogP contribution in [0.1, 0.15) is 23.0 Å². The highest BCUT2D eigenvalue weighted by molar-refractivity contribution is 6.31. The second-order valence-corrected chi connectivity index (χ2v) is 4.06. The van der Waals surface area contributed by atoms with Gasteiger partial charge in [0.05, 0.1) is 5.56 Å². The quantitative estimate of drug-likeness (QED) is 0.772.